The molecule has 1 heterocycles. The van der Waals surface area contributed by atoms with Gasteiger partial charge in [0.25, 0.3) is 0 Å². The zero-order valence-electron chi connectivity index (χ0n) is 6.39. The lowest BCUT2D eigenvalue weighted by Crippen LogP contribution is -2.00. The van der Waals surface area contributed by atoms with E-state index in [-0.39, 0.29) is 0 Å². The van der Waals surface area contributed by atoms with E-state index in [4.69, 9.17) is 0 Å². The quantitative estimate of drug-likeness (QED) is 0.641. The number of hydrogen-bond donors (Lipinski definition) is 0. The Morgan fingerprint density at radius 2 is 2.25 bits per heavy atom. The molecule has 1 unspecified atom stereocenters. The van der Waals surface area contributed by atoms with Crippen LogP contribution in [0, 0.1) is 0 Å². The Bertz CT molecular complexity index is 299. The molecule has 0 bridgehead atoms. The first-order valence-corrected chi connectivity index (χ1v) is 6.53. The van der Waals surface area contributed by atoms with Crippen LogP contribution in [-0.4, -0.2) is 5.75 Å². The zero-order valence-corrected chi connectivity index (χ0v) is 10.4. The molecule has 0 aromatic heterocycles. The van der Waals surface area contributed by atoms with Gasteiger partial charge in [-0.1, -0.05) is 37.9 Å². The highest BCUT2D eigenvalue weighted by Crippen LogP contribution is 2.41. The van der Waals surface area contributed by atoms with E-state index in [2.05, 4.69) is 50.1 Å². The first-order chi connectivity index (χ1) is 5.77. The topological polar surface area (TPSA) is 0 Å². The SMILES string of the molecule is Brc1ccc2c(c1)SCCC2Br. The summed E-state index contributed by atoms with van der Waals surface area (Å²) in [5, 5.41) is 0. The number of thioether (sulfide) groups is 1. The van der Waals surface area contributed by atoms with E-state index in [0.717, 1.165) is 0 Å². The summed E-state index contributed by atoms with van der Waals surface area (Å²) in [7, 11) is 0. The minimum Gasteiger partial charge on any atom is -0.126 e. The maximum absolute atomic E-state index is 3.68. The third-order valence-corrected chi connectivity index (χ3v) is 4.49. The van der Waals surface area contributed by atoms with Gasteiger partial charge in [0, 0.05) is 14.2 Å². The molecule has 0 nitrogen and oxygen atoms in total. The largest absolute Gasteiger partial charge is 0.126 e. The molecule has 0 saturated carbocycles. The average molecular weight is 308 g/mol. The molecule has 1 aromatic carbocycles. The Balaban J connectivity index is 2.46. The monoisotopic (exact) mass is 306 g/mol. The highest BCUT2D eigenvalue weighted by molar-refractivity contribution is 9.10. The second-order valence-electron chi connectivity index (χ2n) is 2.79. The van der Waals surface area contributed by atoms with Gasteiger partial charge in [-0.05, 0) is 29.9 Å². The van der Waals surface area contributed by atoms with Crippen molar-refractivity contribution in [3.05, 3.63) is 28.2 Å². The van der Waals surface area contributed by atoms with Gasteiger partial charge in [0.15, 0.2) is 0 Å². The van der Waals surface area contributed by atoms with Gasteiger partial charge in [-0.25, -0.2) is 0 Å². The van der Waals surface area contributed by atoms with Crippen molar-refractivity contribution in [1.82, 2.24) is 0 Å². The molecule has 0 spiro atoms. The lowest BCUT2D eigenvalue weighted by molar-refractivity contribution is 0.879. The standard InChI is InChI=1S/C9H8Br2S/c10-6-1-2-7-8(11)3-4-12-9(7)5-6/h1-2,5,8H,3-4H2. The maximum atomic E-state index is 3.68. The van der Waals surface area contributed by atoms with Crippen molar-refractivity contribution < 1.29 is 0 Å². The fourth-order valence-corrected chi connectivity index (χ4v) is 4.08. The van der Waals surface area contributed by atoms with E-state index in [1.54, 1.807) is 0 Å². The normalized spacial score (nSPS) is 22.0. The van der Waals surface area contributed by atoms with Crippen LogP contribution in [0.5, 0.6) is 0 Å². The van der Waals surface area contributed by atoms with Gasteiger partial charge in [0.2, 0.25) is 0 Å². The van der Waals surface area contributed by atoms with Gasteiger partial charge in [-0.15, -0.1) is 11.8 Å². The summed E-state index contributed by atoms with van der Waals surface area (Å²) in [5.41, 5.74) is 1.44. The Morgan fingerprint density at radius 1 is 1.42 bits per heavy atom. The molecular weight excluding hydrogens is 300 g/mol. The fourth-order valence-electron chi connectivity index (χ4n) is 1.32. The van der Waals surface area contributed by atoms with Gasteiger partial charge in [-0.2, -0.15) is 0 Å². The van der Waals surface area contributed by atoms with Gasteiger partial charge in [0.05, 0.1) is 0 Å². The Kier molecular flexibility index (Phi) is 2.82. The predicted octanol–water partition coefficient (Wildman–Crippen LogP) is 4.38. The molecule has 1 aromatic rings. The summed E-state index contributed by atoms with van der Waals surface area (Å²) in [4.78, 5) is 1.97. The van der Waals surface area contributed by atoms with Crippen molar-refractivity contribution in [2.24, 2.45) is 0 Å². The Hall–Kier alpha value is 0.530. The highest BCUT2D eigenvalue weighted by Gasteiger charge is 2.17. The summed E-state index contributed by atoms with van der Waals surface area (Å²) < 4.78 is 1.18. The first kappa shape index (κ1) is 9.10. The van der Waals surface area contributed by atoms with Crippen LogP contribution in [0.4, 0.5) is 0 Å². The van der Waals surface area contributed by atoms with Crippen molar-refractivity contribution in [1.29, 1.82) is 0 Å². The van der Waals surface area contributed by atoms with Crippen LogP contribution in [0.1, 0.15) is 16.8 Å². The Labute approximate surface area is 93.4 Å². The molecule has 3 heteroatoms. The summed E-state index contributed by atoms with van der Waals surface area (Å²) in [6.45, 7) is 0. The van der Waals surface area contributed by atoms with E-state index in [1.807, 2.05) is 11.8 Å². The van der Waals surface area contributed by atoms with Crippen LogP contribution in [0.2, 0.25) is 0 Å². The van der Waals surface area contributed by atoms with E-state index >= 15 is 0 Å². The highest BCUT2D eigenvalue weighted by atomic mass is 79.9. The van der Waals surface area contributed by atoms with Gasteiger partial charge in [0.1, 0.15) is 0 Å². The third-order valence-electron chi connectivity index (χ3n) is 1.94. The van der Waals surface area contributed by atoms with Crippen molar-refractivity contribution in [3.63, 3.8) is 0 Å². The number of alkyl halides is 1. The number of rotatable bonds is 0. The lowest BCUT2D eigenvalue weighted by Gasteiger charge is -2.20. The molecule has 0 N–H and O–H groups in total. The molecule has 0 radical (unpaired) electrons. The molecule has 2 rings (SSSR count). The van der Waals surface area contributed by atoms with Crippen LogP contribution in [0.3, 0.4) is 0 Å². The molecule has 0 aliphatic carbocycles. The van der Waals surface area contributed by atoms with Gasteiger partial charge >= 0.3 is 0 Å². The van der Waals surface area contributed by atoms with Crippen molar-refractivity contribution in [3.8, 4) is 0 Å². The van der Waals surface area contributed by atoms with Gasteiger partial charge in [-0.3, -0.25) is 0 Å². The van der Waals surface area contributed by atoms with Crippen molar-refractivity contribution in [2.45, 2.75) is 16.1 Å². The molecule has 1 aliphatic heterocycles. The van der Waals surface area contributed by atoms with E-state index < -0.39 is 0 Å². The molecular formula is C9H8Br2S. The van der Waals surface area contributed by atoms with Crippen LogP contribution in [0.25, 0.3) is 0 Å². The number of fused-ring (bicyclic) bond motifs is 1. The second kappa shape index (κ2) is 3.72. The van der Waals surface area contributed by atoms with E-state index in [1.165, 1.54) is 27.1 Å². The van der Waals surface area contributed by atoms with E-state index in [0.29, 0.717) is 4.83 Å². The van der Waals surface area contributed by atoms with Crippen LogP contribution >= 0.6 is 43.6 Å². The zero-order chi connectivity index (χ0) is 8.55. The molecule has 0 fully saturated rings. The van der Waals surface area contributed by atoms with Gasteiger partial charge < -0.3 is 0 Å². The minimum absolute atomic E-state index is 0.557. The second-order valence-corrected chi connectivity index (χ2v) is 5.94. The molecule has 1 atom stereocenters. The fraction of sp³-hybridized carbons (Fsp3) is 0.333. The summed E-state index contributed by atoms with van der Waals surface area (Å²) in [6.07, 6.45) is 1.24. The van der Waals surface area contributed by atoms with Crippen LogP contribution < -0.4 is 0 Å². The van der Waals surface area contributed by atoms with Crippen molar-refractivity contribution >= 4 is 43.6 Å². The summed E-state index contributed by atoms with van der Waals surface area (Å²) in [5.74, 6) is 1.22. The number of hydrogen-bond acceptors (Lipinski definition) is 1. The van der Waals surface area contributed by atoms with Crippen molar-refractivity contribution in [2.75, 3.05) is 5.75 Å². The Morgan fingerprint density at radius 3 is 3.08 bits per heavy atom. The maximum Gasteiger partial charge on any atom is 0.0414 e. The predicted molar refractivity (Wildman–Crippen MR) is 61.2 cm³/mol. The lowest BCUT2D eigenvalue weighted by atomic mass is 10.1. The smallest absolute Gasteiger partial charge is 0.0414 e. The van der Waals surface area contributed by atoms with Crippen LogP contribution in [0.15, 0.2) is 27.6 Å². The third kappa shape index (κ3) is 1.73. The van der Waals surface area contributed by atoms with Crippen LogP contribution in [-0.2, 0) is 0 Å². The molecule has 0 saturated heterocycles. The molecule has 64 valence electrons. The average Bonchev–Trinajstić information content (AvgIpc) is 2.04. The minimum atomic E-state index is 0.557. The summed E-state index contributed by atoms with van der Waals surface area (Å²) >= 11 is 9.11. The number of halogens is 2. The molecule has 1 aliphatic rings. The molecule has 12 heavy (non-hydrogen) atoms. The molecule has 0 amide bonds. The number of benzene rings is 1. The summed E-state index contributed by atoms with van der Waals surface area (Å²) in [6, 6.07) is 6.51. The first-order valence-electron chi connectivity index (χ1n) is 3.83. The van der Waals surface area contributed by atoms with E-state index in [9.17, 15) is 0 Å².